The van der Waals surface area contributed by atoms with Crippen molar-refractivity contribution in [2.75, 3.05) is 11.0 Å². The zero-order valence-corrected chi connectivity index (χ0v) is 11.1. The van der Waals surface area contributed by atoms with Crippen LogP contribution in [0.1, 0.15) is 25.7 Å². The molecule has 0 aromatic heterocycles. The SMILES string of the molecule is O=C(NCCCI)C1C2C3CCC(C3)C12. The van der Waals surface area contributed by atoms with Crippen LogP contribution in [0, 0.1) is 29.6 Å². The Balaban J connectivity index is 1.52. The molecule has 3 rings (SSSR count). The third kappa shape index (κ3) is 1.61. The van der Waals surface area contributed by atoms with Crippen molar-refractivity contribution in [3.8, 4) is 0 Å². The van der Waals surface area contributed by atoms with Gasteiger partial charge in [0.1, 0.15) is 0 Å². The van der Waals surface area contributed by atoms with Gasteiger partial charge in [0.25, 0.3) is 0 Å². The van der Waals surface area contributed by atoms with Crippen molar-refractivity contribution < 1.29 is 4.79 Å². The molecule has 4 atom stereocenters. The van der Waals surface area contributed by atoms with Gasteiger partial charge in [-0.15, -0.1) is 0 Å². The highest BCUT2D eigenvalue weighted by Crippen LogP contribution is 2.69. The Hall–Kier alpha value is 0.200. The number of halogens is 1. The summed E-state index contributed by atoms with van der Waals surface area (Å²) in [5.41, 5.74) is 0. The van der Waals surface area contributed by atoms with E-state index in [4.69, 9.17) is 0 Å². The summed E-state index contributed by atoms with van der Waals surface area (Å²) in [6, 6.07) is 0. The van der Waals surface area contributed by atoms with Gasteiger partial charge in [0, 0.05) is 16.9 Å². The first-order valence-electron chi connectivity index (χ1n) is 6.16. The smallest absolute Gasteiger partial charge is 0.223 e. The fraction of sp³-hybridized carbons (Fsp3) is 0.917. The van der Waals surface area contributed by atoms with Gasteiger partial charge in [0.05, 0.1) is 0 Å². The standard InChI is InChI=1S/C12H18INO/c13-4-1-5-14-12(15)11-9-7-2-3-8(6-7)10(9)11/h7-11H,1-6H2,(H,14,15). The lowest BCUT2D eigenvalue weighted by Crippen LogP contribution is -2.28. The maximum absolute atomic E-state index is 11.9. The molecule has 1 N–H and O–H groups in total. The van der Waals surface area contributed by atoms with Gasteiger partial charge >= 0.3 is 0 Å². The van der Waals surface area contributed by atoms with E-state index in [1.165, 1.54) is 19.3 Å². The second-order valence-electron chi connectivity index (χ2n) is 5.35. The monoisotopic (exact) mass is 319 g/mol. The van der Waals surface area contributed by atoms with Crippen LogP contribution in [0.5, 0.6) is 0 Å². The van der Waals surface area contributed by atoms with Crippen molar-refractivity contribution in [1.29, 1.82) is 0 Å². The Bertz CT molecular complexity index is 265. The van der Waals surface area contributed by atoms with Gasteiger partial charge in [-0.1, -0.05) is 22.6 Å². The average Bonchev–Trinajstić information content (AvgIpc) is 2.68. The van der Waals surface area contributed by atoms with Gasteiger partial charge in [-0.05, 0) is 49.4 Å². The molecule has 2 nitrogen and oxygen atoms in total. The largest absolute Gasteiger partial charge is 0.356 e. The summed E-state index contributed by atoms with van der Waals surface area (Å²) in [5.74, 6) is 4.21. The van der Waals surface area contributed by atoms with Crippen LogP contribution in [0.3, 0.4) is 0 Å². The summed E-state index contributed by atoms with van der Waals surface area (Å²) < 4.78 is 1.14. The topological polar surface area (TPSA) is 29.1 Å². The minimum absolute atomic E-state index is 0.367. The van der Waals surface area contributed by atoms with Gasteiger partial charge in [0.2, 0.25) is 5.91 Å². The first-order chi connectivity index (χ1) is 7.33. The van der Waals surface area contributed by atoms with Crippen LogP contribution in [0.4, 0.5) is 0 Å². The first kappa shape index (κ1) is 10.4. The highest BCUT2D eigenvalue weighted by Gasteiger charge is 2.67. The molecule has 3 saturated carbocycles. The van der Waals surface area contributed by atoms with Gasteiger partial charge < -0.3 is 5.32 Å². The second kappa shape index (κ2) is 3.90. The van der Waals surface area contributed by atoms with Crippen LogP contribution in [0.2, 0.25) is 0 Å². The predicted molar refractivity (Wildman–Crippen MR) is 67.8 cm³/mol. The van der Waals surface area contributed by atoms with Crippen molar-refractivity contribution in [1.82, 2.24) is 5.32 Å². The molecule has 84 valence electrons. The summed E-state index contributed by atoms with van der Waals surface area (Å²) in [7, 11) is 0. The number of carbonyl (C=O) groups excluding carboxylic acids is 1. The summed E-state index contributed by atoms with van der Waals surface area (Å²) in [5, 5.41) is 3.10. The Morgan fingerprint density at radius 3 is 2.53 bits per heavy atom. The molecular formula is C12H18INO. The molecule has 0 spiro atoms. The van der Waals surface area contributed by atoms with E-state index in [0.717, 1.165) is 41.1 Å². The second-order valence-corrected chi connectivity index (χ2v) is 6.43. The maximum Gasteiger partial charge on any atom is 0.223 e. The number of hydrogen-bond donors (Lipinski definition) is 1. The Kier molecular flexibility index (Phi) is 2.69. The number of nitrogens with one attached hydrogen (secondary N) is 1. The number of carbonyl (C=O) groups is 1. The molecule has 2 bridgehead atoms. The quantitative estimate of drug-likeness (QED) is 0.480. The normalized spacial score (nSPS) is 45.3. The third-order valence-corrected chi connectivity index (χ3v) is 5.41. The lowest BCUT2D eigenvalue weighted by molar-refractivity contribution is -0.123. The molecule has 3 aliphatic carbocycles. The summed E-state index contributed by atoms with van der Waals surface area (Å²) in [4.78, 5) is 11.9. The van der Waals surface area contributed by atoms with Crippen LogP contribution in [0.15, 0.2) is 0 Å². The lowest BCUT2D eigenvalue weighted by atomic mass is 10.0. The van der Waals surface area contributed by atoms with Crippen LogP contribution in [-0.4, -0.2) is 16.9 Å². The molecular weight excluding hydrogens is 301 g/mol. The molecule has 3 aliphatic rings. The van der Waals surface area contributed by atoms with Crippen LogP contribution in [-0.2, 0) is 4.79 Å². The molecule has 0 radical (unpaired) electrons. The van der Waals surface area contributed by atoms with Gasteiger partial charge in [-0.3, -0.25) is 4.79 Å². The van der Waals surface area contributed by atoms with E-state index in [1.807, 2.05) is 0 Å². The highest BCUT2D eigenvalue weighted by molar-refractivity contribution is 14.1. The predicted octanol–water partition coefficient (Wildman–Crippen LogP) is 2.22. The number of alkyl halides is 1. The minimum atomic E-state index is 0.367. The molecule has 0 saturated heterocycles. The van der Waals surface area contributed by atoms with Gasteiger partial charge in [-0.2, -0.15) is 0 Å². The molecule has 0 aromatic rings. The van der Waals surface area contributed by atoms with E-state index in [9.17, 15) is 4.79 Å². The summed E-state index contributed by atoms with van der Waals surface area (Å²) in [6.45, 7) is 0.882. The van der Waals surface area contributed by atoms with Gasteiger partial charge in [-0.25, -0.2) is 0 Å². The third-order valence-electron chi connectivity index (χ3n) is 4.65. The van der Waals surface area contributed by atoms with Crippen molar-refractivity contribution in [3.05, 3.63) is 0 Å². The fourth-order valence-electron chi connectivity index (χ4n) is 4.07. The molecule has 3 fully saturated rings. The first-order valence-corrected chi connectivity index (χ1v) is 7.69. The van der Waals surface area contributed by atoms with E-state index in [-0.39, 0.29) is 0 Å². The number of hydrogen-bond acceptors (Lipinski definition) is 1. The van der Waals surface area contributed by atoms with E-state index < -0.39 is 0 Å². The molecule has 15 heavy (non-hydrogen) atoms. The van der Waals surface area contributed by atoms with Crippen molar-refractivity contribution in [2.24, 2.45) is 29.6 Å². The lowest BCUT2D eigenvalue weighted by Gasteiger charge is -2.08. The molecule has 0 heterocycles. The fourth-order valence-corrected chi connectivity index (χ4v) is 4.45. The zero-order chi connectivity index (χ0) is 10.4. The average molecular weight is 319 g/mol. The van der Waals surface area contributed by atoms with Crippen LogP contribution in [0.25, 0.3) is 0 Å². The molecule has 3 heteroatoms. The molecule has 4 unspecified atom stereocenters. The summed E-state index contributed by atoms with van der Waals surface area (Å²) in [6.07, 6.45) is 5.36. The van der Waals surface area contributed by atoms with Crippen LogP contribution < -0.4 is 5.32 Å². The van der Waals surface area contributed by atoms with E-state index in [2.05, 4.69) is 27.9 Å². The van der Waals surface area contributed by atoms with Crippen molar-refractivity contribution in [3.63, 3.8) is 0 Å². The Labute approximate surface area is 105 Å². The molecule has 1 amide bonds. The Morgan fingerprint density at radius 2 is 1.93 bits per heavy atom. The minimum Gasteiger partial charge on any atom is -0.356 e. The van der Waals surface area contributed by atoms with Gasteiger partial charge in [0.15, 0.2) is 0 Å². The zero-order valence-electron chi connectivity index (χ0n) is 8.92. The number of rotatable bonds is 4. The highest BCUT2D eigenvalue weighted by atomic mass is 127. The van der Waals surface area contributed by atoms with Crippen molar-refractivity contribution >= 4 is 28.5 Å². The number of fused-ring (bicyclic) bond motifs is 5. The van der Waals surface area contributed by atoms with E-state index in [1.54, 1.807) is 0 Å². The molecule has 0 aliphatic heterocycles. The summed E-state index contributed by atoms with van der Waals surface area (Å²) >= 11 is 2.36. The molecule has 0 aromatic carbocycles. The number of amides is 1. The Morgan fingerprint density at radius 1 is 1.27 bits per heavy atom. The van der Waals surface area contributed by atoms with E-state index in [0.29, 0.717) is 11.8 Å². The van der Waals surface area contributed by atoms with E-state index >= 15 is 0 Å². The van der Waals surface area contributed by atoms with Crippen LogP contribution >= 0.6 is 22.6 Å². The maximum atomic E-state index is 11.9. The van der Waals surface area contributed by atoms with Crippen molar-refractivity contribution in [2.45, 2.75) is 25.7 Å².